The average Bonchev–Trinajstić information content (AvgIpc) is 2.85. The number of carbonyl (C=O) groups is 4. The largest absolute Gasteiger partial charge is 0.468 e. The van der Waals surface area contributed by atoms with E-state index < -0.39 is 23.7 Å². The number of benzene rings is 3. The van der Waals surface area contributed by atoms with Crippen molar-refractivity contribution in [2.24, 2.45) is 0 Å². The van der Waals surface area contributed by atoms with Crippen LogP contribution in [0.4, 0.5) is 5.69 Å². The van der Waals surface area contributed by atoms with Crippen LogP contribution >= 0.6 is 0 Å². The number of hydrogen-bond acceptors (Lipinski definition) is 6. The van der Waals surface area contributed by atoms with Crippen molar-refractivity contribution in [3.63, 3.8) is 0 Å². The Labute approximate surface area is 196 Å². The molecule has 1 heterocycles. The molecule has 8 heteroatoms. The lowest BCUT2D eigenvalue weighted by Gasteiger charge is -2.30. The van der Waals surface area contributed by atoms with Gasteiger partial charge in [0.15, 0.2) is 5.92 Å². The molecule has 0 aromatic heterocycles. The first kappa shape index (κ1) is 22.9. The number of ether oxygens (including phenoxy) is 1. The maximum atomic E-state index is 13.1. The molecule has 1 aliphatic heterocycles. The number of nitrogens with one attached hydrogen (secondary N) is 1. The zero-order valence-corrected chi connectivity index (χ0v) is 18.4. The van der Waals surface area contributed by atoms with Gasteiger partial charge in [-0.25, -0.2) is 0 Å². The van der Waals surface area contributed by atoms with E-state index in [0.29, 0.717) is 10.8 Å². The fourth-order valence-corrected chi connectivity index (χ4v) is 3.70. The highest BCUT2D eigenvalue weighted by atomic mass is 16.7. The van der Waals surface area contributed by atoms with E-state index >= 15 is 0 Å². The van der Waals surface area contributed by atoms with E-state index in [4.69, 9.17) is 9.57 Å². The maximum absolute atomic E-state index is 13.1. The molecule has 0 bridgehead atoms. The van der Waals surface area contributed by atoms with Crippen molar-refractivity contribution >= 4 is 29.4 Å². The number of hydroxylamine groups is 2. The number of carbonyl (C=O) groups excluding carboxylic acids is 4. The van der Waals surface area contributed by atoms with Gasteiger partial charge >= 0.3 is 5.97 Å². The second-order valence-electron chi connectivity index (χ2n) is 7.67. The summed E-state index contributed by atoms with van der Waals surface area (Å²) in [5, 5.41) is 3.34. The van der Waals surface area contributed by atoms with E-state index in [-0.39, 0.29) is 30.1 Å². The van der Waals surface area contributed by atoms with Gasteiger partial charge < -0.3 is 10.1 Å². The van der Waals surface area contributed by atoms with Gasteiger partial charge in [-0.2, -0.15) is 0 Å². The van der Waals surface area contributed by atoms with Crippen LogP contribution in [0.3, 0.4) is 0 Å². The molecule has 3 aromatic carbocycles. The lowest BCUT2D eigenvalue weighted by molar-refractivity contribution is -0.179. The molecule has 1 aliphatic rings. The minimum atomic E-state index is -1.36. The Bertz CT molecular complexity index is 1230. The summed E-state index contributed by atoms with van der Waals surface area (Å²) in [5.74, 6) is -4.00. The fraction of sp³-hybridized carbons (Fsp3) is 0.154. The molecule has 0 spiro atoms. The van der Waals surface area contributed by atoms with E-state index in [1.54, 1.807) is 30.3 Å². The van der Waals surface area contributed by atoms with Crippen molar-refractivity contribution in [1.29, 1.82) is 0 Å². The van der Waals surface area contributed by atoms with Gasteiger partial charge in [0, 0.05) is 11.3 Å². The van der Waals surface area contributed by atoms with Crippen molar-refractivity contribution in [3.8, 4) is 0 Å². The third kappa shape index (κ3) is 4.87. The van der Waals surface area contributed by atoms with Gasteiger partial charge in [-0.05, 0) is 28.8 Å². The molecule has 0 aliphatic carbocycles. The summed E-state index contributed by atoms with van der Waals surface area (Å²) in [6.07, 6.45) is 0.154. The van der Waals surface area contributed by atoms with Gasteiger partial charge in [0.2, 0.25) is 5.91 Å². The summed E-state index contributed by atoms with van der Waals surface area (Å²) in [6, 6.07) is 22.7. The Morgan fingerprint density at radius 2 is 1.56 bits per heavy atom. The molecule has 0 saturated carbocycles. The zero-order valence-electron chi connectivity index (χ0n) is 18.4. The molecule has 0 radical (unpaired) electrons. The van der Waals surface area contributed by atoms with E-state index in [0.717, 1.165) is 11.1 Å². The second kappa shape index (κ2) is 10.1. The molecular formula is C26H22N2O6. The van der Waals surface area contributed by atoms with Crippen LogP contribution in [0.1, 0.15) is 33.0 Å². The number of imide groups is 1. The number of amides is 3. The molecule has 3 amide bonds. The Morgan fingerprint density at radius 3 is 2.21 bits per heavy atom. The van der Waals surface area contributed by atoms with Crippen LogP contribution in [0, 0.1) is 0 Å². The van der Waals surface area contributed by atoms with Gasteiger partial charge in [-0.15, -0.1) is 5.06 Å². The van der Waals surface area contributed by atoms with Crippen LogP contribution in [0.25, 0.3) is 0 Å². The molecule has 172 valence electrons. The number of hydrogen-bond donors (Lipinski definition) is 1. The smallest absolute Gasteiger partial charge is 0.322 e. The summed E-state index contributed by atoms with van der Waals surface area (Å²) >= 11 is 0. The molecule has 0 fully saturated rings. The summed E-state index contributed by atoms with van der Waals surface area (Å²) in [7, 11) is 1.17. The highest BCUT2D eigenvalue weighted by molar-refractivity contribution is 6.17. The molecule has 34 heavy (non-hydrogen) atoms. The molecule has 1 N–H and O–H groups in total. The molecule has 1 unspecified atom stereocenters. The first-order chi connectivity index (χ1) is 16.5. The number of nitrogens with zero attached hydrogens (tertiary/aromatic N) is 1. The Hall–Kier alpha value is -4.30. The lowest BCUT2D eigenvalue weighted by atomic mass is 9.89. The summed E-state index contributed by atoms with van der Waals surface area (Å²) in [6.45, 7) is -0.0466. The highest BCUT2D eigenvalue weighted by Crippen LogP contribution is 2.33. The minimum absolute atomic E-state index is 0.0466. The fourth-order valence-electron chi connectivity index (χ4n) is 3.70. The van der Waals surface area contributed by atoms with Crippen molar-refractivity contribution in [2.75, 3.05) is 12.4 Å². The van der Waals surface area contributed by atoms with Crippen LogP contribution < -0.4 is 5.32 Å². The third-order valence-electron chi connectivity index (χ3n) is 5.36. The van der Waals surface area contributed by atoms with Gasteiger partial charge in [-0.3, -0.25) is 24.0 Å². The van der Waals surface area contributed by atoms with E-state index in [2.05, 4.69) is 5.32 Å². The number of esters is 1. The van der Waals surface area contributed by atoms with Crippen LogP contribution in [0.5, 0.6) is 0 Å². The van der Waals surface area contributed by atoms with Crippen molar-refractivity contribution in [3.05, 3.63) is 101 Å². The van der Waals surface area contributed by atoms with Gasteiger partial charge in [0.1, 0.15) is 6.61 Å². The van der Waals surface area contributed by atoms with E-state index in [9.17, 15) is 19.2 Å². The quantitative estimate of drug-likeness (QED) is 0.331. The lowest BCUT2D eigenvalue weighted by Crippen LogP contribution is -2.47. The molecule has 1 atom stereocenters. The molecule has 3 aromatic rings. The normalized spacial score (nSPS) is 15.0. The first-order valence-corrected chi connectivity index (χ1v) is 10.6. The van der Waals surface area contributed by atoms with Crippen molar-refractivity contribution in [1.82, 2.24) is 5.06 Å². The van der Waals surface area contributed by atoms with Gasteiger partial charge in [0.05, 0.1) is 13.5 Å². The number of methoxy groups -OCH3 is 1. The predicted molar refractivity (Wildman–Crippen MR) is 122 cm³/mol. The Balaban J connectivity index is 1.59. The molecule has 4 rings (SSSR count). The Morgan fingerprint density at radius 1 is 0.912 bits per heavy atom. The zero-order chi connectivity index (χ0) is 24.1. The predicted octanol–water partition coefficient (Wildman–Crippen LogP) is 3.24. The number of rotatable bonds is 7. The maximum Gasteiger partial charge on any atom is 0.322 e. The SMILES string of the molecule is COC(=O)C1C(=O)N(OCc2ccccc2)C(=O)c2cc(NC(=O)Cc3ccccc3)ccc21. The second-order valence-corrected chi connectivity index (χ2v) is 7.67. The van der Waals surface area contributed by atoms with Crippen LogP contribution in [0.2, 0.25) is 0 Å². The monoisotopic (exact) mass is 458 g/mol. The van der Waals surface area contributed by atoms with Crippen molar-refractivity contribution in [2.45, 2.75) is 18.9 Å². The molecule has 8 nitrogen and oxygen atoms in total. The average molecular weight is 458 g/mol. The standard InChI is InChI=1S/C26H22N2O6/c1-33-26(32)23-20-13-12-19(27-22(29)14-17-8-4-2-5-9-17)15-21(20)24(30)28(25(23)31)34-16-18-10-6-3-7-11-18/h2-13,15,23H,14,16H2,1H3,(H,27,29). The number of anilines is 1. The third-order valence-corrected chi connectivity index (χ3v) is 5.36. The van der Waals surface area contributed by atoms with Crippen molar-refractivity contribution < 1.29 is 28.8 Å². The van der Waals surface area contributed by atoms with Crippen LogP contribution in [0.15, 0.2) is 78.9 Å². The van der Waals surface area contributed by atoms with Crippen LogP contribution in [-0.2, 0) is 37.0 Å². The van der Waals surface area contributed by atoms with E-state index in [1.165, 1.54) is 19.2 Å². The Kier molecular flexibility index (Phi) is 6.79. The topological polar surface area (TPSA) is 102 Å². The minimum Gasteiger partial charge on any atom is -0.468 e. The summed E-state index contributed by atoms with van der Waals surface area (Å²) in [5.41, 5.74) is 2.20. The first-order valence-electron chi connectivity index (χ1n) is 10.6. The van der Waals surface area contributed by atoms with Gasteiger partial charge in [0.25, 0.3) is 11.8 Å². The highest BCUT2D eigenvalue weighted by Gasteiger charge is 2.44. The molecule has 0 saturated heterocycles. The van der Waals surface area contributed by atoms with Gasteiger partial charge in [-0.1, -0.05) is 66.7 Å². The van der Waals surface area contributed by atoms with E-state index in [1.807, 2.05) is 36.4 Å². The number of fused-ring (bicyclic) bond motifs is 1. The summed E-state index contributed by atoms with van der Waals surface area (Å²) in [4.78, 5) is 56.6. The van der Waals surface area contributed by atoms with Crippen LogP contribution in [-0.4, -0.2) is 35.9 Å². The summed E-state index contributed by atoms with van der Waals surface area (Å²) < 4.78 is 4.80. The molecular weight excluding hydrogens is 436 g/mol.